The molecule has 4 aromatic rings. The fraction of sp³-hybridized carbons (Fsp3) is 0.167. The first-order valence-corrected chi connectivity index (χ1v) is 10.9. The van der Waals surface area contributed by atoms with Crippen LogP contribution in [0.3, 0.4) is 0 Å². The van der Waals surface area contributed by atoms with Crippen LogP contribution >= 0.6 is 11.6 Å². The smallest absolute Gasteiger partial charge is 0.259 e. The highest BCUT2D eigenvalue weighted by atomic mass is 35.5. The second kappa shape index (κ2) is 9.40. The Morgan fingerprint density at radius 2 is 1.94 bits per heavy atom. The zero-order chi connectivity index (χ0) is 23.5. The standard InChI is InChI=1S/C24H20ClN5O4/c1-15-12-26-22(33-15)20-13-27-24(30(23(20)31)14-16-2-4-17(25)5-3-16)28-18-6-8-19(9-7-18)34-21-10-11-32-29-21/h2-12,20H,13-14H2,1H3,(H,27,28). The predicted molar refractivity (Wildman–Crippen MR) is 125 cm³/mol. The van der Waals surface area contributed by atoms with Crippen molar-refractivity contribution in [1.29, 1.82) is 0 Å². The molecule has 1 amide bonds. The number of ether oxygens (including phenoxy) is 1. The number of hydrogen-bond acceptors (Lipinski definition) is 8. The first-order valence-electron chi connectivity index (χ1n) is 10.5. The van der Waals surface area contributed by atoms with Gasteiger partial charge in [0.2, 0.25) is 17.8 Å². The van der Waals surface area contributed by atoms with Crippen LogP contribution in [0.2, 0.25) is 5.02 Å². The predicted octanol–water partition coefficient (Wildman–Crippen LogP) is 5.01. The van der Waals surface area contributed by atoms with Crippen LogP contribution in [0.4, 0.5) is 5.69 Å². The van der Waals surface area contributed by atoms with Gasteiger partial charge in [-0.3, -0.25) is 14.7 Å². The van der Waals surface area contributed by atoms with Crippen molar-refractivity contribution in [2.75, 3.05) is 11.9 Å². The summed E-state index contributed by atoms with van der Waals surface area (Å²) in [5.41, 5.74) is 1.65. The van der Waals surface area contributed by atoms with Crippen LogP contribution in [0.25, 0.3) is 0 Å². The highest BCUT2D eigenvalue weighted by Gasteiger charge is 2.36. The molecular formula is C24H20ClN5O4. The Morgan fingerprint density at radius 3 is 2.62 bits per heavy atom. The fourth-order valence-corrected chi connectivity index (χ4v) is 3.62. The van der Waals surface area contributed by atoms with Crippen molar-refractivity contribution in [1.82, 2.24) is 15.0 Å². The summed E-state index contributed by atoms with van der Waals surface area (Å²) in [4.78, 5) is 24.0. The maximum Gasteiger partial charge on any atom is 0.259 e. The molecule has 0 bridgehead atoms. The van der Waals surface area contributed by atoms with E-state index in [0.29, 0.717) is 40.8 Å². The molecule has 2 aromatic heterocycles. The zero-order valence-corrected chi connectivity index (χ0v) is 18.9. The van der Waals surface area contributed by atoms with Crippen LogP contribution in [0.5, 0.6) is 11.6 Å². The second-order valence-corrected chi connectivity index (χ2v) is 8.10. The summed E-state index contributed by atoms with van der Waals surface area (Å²) in [7, 11) is 0. The van der Waals surface area contributed by atoms with Crippen LogP contribution in [-0.4, -0.2) is 33.5 Å². The lowest BCUT2D eigenvalue weighted by molar-refractivity contribution is -0.130. The largest absolute Gasteiger partial charge is 0.445 e. The van der Waals surface area contributed by atoms with Crippen molar-refractivity contribution in [2.45, 2.75) is 19.4 Å². The minimum absolute atomic E-state index is 0.153. The molecule has 3 heterocycles. The molecule has 0 saturated heterocycles. The summed E-state index contributed by atoms with van der Waals surface area (Å²) in [5, 5.41) is 7.60. The summed E-state index contributed by atoms with van der Waals surface area (Å²) >= 11 is 6.03. The van der Waals surface area contributed by atoms with Gasteiger partial charge >= 0.3 is 0 Å². The summed E-state index contributed by atoms with van der Waals surface area (Å²) < 4.78 is 16.0. The fourth-order valence-electron chi connectivity index (χ4n) is 3.49. The van der Waals surface area contributed by atoms with Crippen molar-refractivity contribution < 1.29 is 18.5 Å². The number of aliphatic imine (C=N–C) groups is 1. The van der Waals surface area contributed by atoms with Crippen LogP contribution in [0.1, 0.15) is 23.1 Å². The van der Waals surface area contributed by atoms with E-state index in [4.69, 9.17) is 25.3 Å². The number of nitrogens with one attached hydrogen (secondary N) is 1. The van der Waals surface area contributed by atoms with Gasteiger partial charge in [0, 0.05) is 16.8 Å². The second-order valence-electron chi connectivity index (χ2n) is 7.67. The van der Waals surface area contributed by atoms with Crippen LogP contribution in [-0.2, 0) is 11.3 Å². The van der Waals surface area contributed by atoms with Gasteiger partial charge in [0.25, 0.3) is 5.88 Å². The van der Waals surface area contributed by atoms with Crippen LogP contribution in [0, 0.1) is 6.92 Å². The quantitative estimate of drug-likeness (QED) is 0.416. The van der Waals surface area contributed by atoms with Gasteiger partial charge in [0.1, 0.15) is 23.7 Å². The number of amides is 1. The third-order valence-corrected chi connectivity index (χ3v) is 5.43. The summed E-state index contributed by atoms with van der Waals surface area (Å²) in [6.45, 7) is 2.33. The highest BCUT2D eigenvalue weighted by Crippen LogP contribution is 2.26. The van der Waals surface area contributed by atoms with Crippen LogP contribution < -0.4 is 10.1 Å². The number of nitrogens with zero attached hydrogens (tertiary/aromatic N) is 4. The lowest BCUT2D eigenvalue weighted by atomic mass is 10.1. The van der Waals surface area contributed by atoms with E-state index in [-0.39, 0.29) is 12.5 Å². The first kappa shape index (κ1) is 21.7. The summed E-state index contributed by atoms with van der Waals surface area (Å²) in [6.07, 6.45) is 3.04. The van der Waals surface area contributed by atoms with E-state index < -0.39 is 5.92 Å². The molecule has 5 rings (SSSR count). The number of carbonyl (C=O) groups excluding carboxylic acids is 1. The molecule has 9 nitrogen and oxygen atoms in total. The number of benzene rings is 2. The van der Waals surface area contributed by atoms with E-state index in [2.05, 4.69) is 20.4 Å². The number of rotatable bonds is 6. The number of halogens is 1. The SMILES string of the molecule is Cc1cnc(C2CN=C(Nc3ccc(Oc4ccon4)cc3)N(Cc3ccc(Cl)cc3)C2=O)o1. The molecule has 1 unspecified atom stereocenters. The molecule has 0 aliphatic carbocycles. The molecule has 10 heteroatoms. The van der Waals surface area contributed by atoms with Gasteiger partial charge in [0.15, 0.2) is 0 Å². The molecule has 0 spiro atoms. The molecule has 0 saturated carbocycles. The number of hydrogen-bond donors (Lipinski definition) is 1. The average molecular weight is 478 g/mol. The van der Waals surface area contributed by atoms with Crippen LogP contribution in [0.15, 0.2) is 81.0 Å². The Hall–Kier alpha value is -4.11. The van der Waals surface area contributed by atoms with Gasteiger partial charge in [-0.05, 0) is 54.0 Å². The molecule has 0 radical (unpaired) electrons. The number of aromatic nitrogens is 2. The molecule has 1 aliphatic rings. The Bertz CT molecular complexity index is 1300. The Balaban J connectivity index is 1.38. The van der Waals surface area contributed by atoms with Gasteiger partial charge in [-0.2, -0.15) is 0 Å². The monoisotopic (exact) mass is 477 g/mol. The molecule has 34 heavy (non-hydrogen) atoms. The number of anilines is 1. The first-order chi connectivity index (χ1) is 16.5. The Kier molecular flexibility index (Phi) is 6.01. The zero-order valence-electron chi connectivity index (χ0n) is 18.1. The number of aryl methyl sites for hydroxylation is 1. The minimum Gasteiger partial charge on any atom is -0.445 e. The number of guanidine groups is 1. The third kappa shape index (κ3) is 4.79. The minimum atomic E-state index is -0.593. The third-order valence-electron chi connectivity index (χ3n) is 5.18. The maximum atomic E-state index is 13.5. The summed E-state index contributed by atoms with van der Waals surface area (Å²) in [6, 6.07) is 16.2. The molecule has 2 aromatic carbocycles. The van der Waals surface area contributed by atoms with Gasteiger partial charge in [-0.25, -0.2) is 4.98 Å². The van der Waals surface area contributed by atoms with E-state index in [0.717, 1.165) is 11.3 Å². The Labute approximate surface area is 200 Å². The molecule has 1 N–H and O–H groups in total. The average Bonchev–Trinajstić information content (AvgIpc) is 3.51. The topological polar surface area (TPSA) is 106 Å². The molecule has 1 atom stereocenters. The summed E-state index contributed by atoms with van der Waals surface area (Å²) in [5.74, 6) is 1.66. The number of oxazole rings is 1. The van der Waals surface area contributed by atoms with Crippen molar-refractivity contribution >= 4 is 29.2 Å². The van der Waals surface area contributed by atoms with Crippen molar-refractivity contribution in [2.24, 2.45) is 4.99 Å². The lowest BCUT2D eigenvalue weighted by Gasteiger charge is -2.31. The normalized spacial score (nSPS) is 15.8. The van der Waals surface area contributed by atoms with E-state index >= 15 is 0 Å². The van der Waals surface area contributed by atoms with E-state index in [1.807, 2.05) is 24.3 Å². The maximum absolute atomic E-state index is 13.5. The Morgan fingerprint density at radius 1 is 1.15 bits per heavy atom. The van der Waals surface area contributed by atoms with Gasteiger partial charge in [0.05, 0.1) is 19.3 Å². The molecule has 1 aliphatic heterocycles. The highest BCUT2D eigenvalue weighted by molar-refractivity contribution is 6.30. The molecule has 172 valence electrons. The lowest BCUT2D eigenvalue weighted by Crippen LogP contribution is -2.47. The van der Waals surface area contributed by atoms with Crippen molar-refractivity contribution in [3.63, 3.8) is 0 Å². The molecule has 0 fully saturated rings. The van der Waals surface area contributed by atoms with Crippen molar-refractivity contribution in [3.8, 4) is 11.6 Å². The van der Waals surface area contributed by atoms with Gasteiger partial charge in [-0.1, -0.05) is 23.7 Å². The van der Waals surface area contributed by atoms with E-state index in [1.165, 1.54) is 6.26 Å². The van der Waals surface area contributed by atoms with Gasteiger partial charge in [-0.15, -0.1) is 0 Å². The number of carbonyl (C=O) groups is 1. The molecular weight excluding hydrogens is 458 g/mol. The van der Waals surface area contributed by atoms with E-state index in [1.54, 1.807) is 48.4 Å². The van der Waals surface area contributed by atoms with Crippen molar-refractivity contribution in [3.05, 3.63) is 89.3 Å². The van der Waals surface area contributed by atoms with E-state index in [9.17, 15) is 4.79 Å². The van der Waals surface area contributed by atoms with Gasteiger partial charge < -0.3 is 19.0 Å².